The first-order valence-corrected chi connectivity index (χ1v) is 7.01. The summed E-state index contributed by atoms with van der Waals surface area (Å²) in [5, 5.41) is 11.7. The number of nitrogens with one attached hydrogen (secondary N) is 1. The van der Waals surface area contributed by atoms with Crippen molar-refractivity contribution in [3.63, 3.8) is 0 Å². The highest BCUT2D eigenvalue weighted by Crippen LogP contribution is 2.30. The Bertz CT molecular complexity index is 477. The molecule has 1 fully saturated rings. The maximum absolute atomic E-state index is 12.2. The third-order valence-corrected chi connectivity index (χ3v) is 4.51. The molecule has 1 saturated heterocycles. The van der Waals surface area contributed by atoms with Crippen molar-refractivity contribution in [1.82, 2.24) is 5.32 Å². The van der Waals surface area contributed by atoms with Crippen LogP contribution >= 0.6 is 11.3 Å². The Morgan fingerprint density at radius 2 is 2.11 bits per heavy atom. The van der Waals surface area contributed by atoms with Crippen molar-refractivity contribution in [1.29, 1.82) is 0 Å². The molecule has 1 amide bonds. The monoisotopic (exact) mass is 283 g/mol. The number of hydrogen-bond donors (Lipinski definition) is 2. The summed E-state index contributed by atoms with van der Waals surface area (Å²) >= 11 is 1.19. The molecule has 1 aromatic heterocycles. The van der Waals surface area contributed by atoms with Gasteiger partial charge in [-0.1, -0.05) is 6.92 Å². The molecule has 0 radical (unpaired) electrons. The molecule has 0 spiro atoms. The van der Waals surface area contributed by atoms with Gasteiger partial charge in [-0.25, -0.2) is 4.79 Å². The Morgan fingerprint density at radius 3 is 2.68 bits per heavy atom. The van der Waals surface area contributed by atoms with Crippen LogP contribution in [0.3, 0.4) is 0 Å². The van der Waals surface area contributed by atoms with E-state index in [-0.39, 0.29) is 11.3 Å². The SMILES string of the molecule is CC1(C(=O)NCc2ccc(C(=O)O)s2)CCOCC1. The summed E-state index contributed by atoms with van der Waals surface area (Å²) in [5.74, 6) is -0.917. The highest BCUT2D eigenvalue weighted by Gasteiger charge is 2.34. The minimum Gasteiger partial charge on any atom is -0.477 e. The smallest absolute Gasteiger partial charge is 0.345 e. The Balaban J connectivity index is 1.90. The maximum Gasteiger partial charge on any atom is 0.345 e. The Kier molecular flexibility index (Phi) is 4.21. The fraction of sp³-hybridized carbons (Fsp3) is 0.538. The van der Waals surface area contributed by atoms with Crippen molar-refractivity contribution in [2.45, 2.75) is 26.3 Å². The molecule has 0 aliphatic carbocycles. The van der Waals surface area contributed by atoms with Crippen LogP contribution < -0.4 is 5.32 Å². The van der Waals surface area contributed by atoms with Crippen LogP contribution in [0.2, 0.25) is 0 Å². The summed E-state index contributed by atoms with van der Waals surface area (Å²) in [5.41, 5.74) is -0.370. The molecular formula is C13H17NO4S. The van der Waals surface area contributed by atoms with Crippen molar-refractivity contribution in [3.8, 4) is 0 Å². The highest BCUT2D eigenvalue weighted by atomic mass is 32.1. The minimum atomic E-state index is -0.932. The fourth-order valence-electron chi connectivity index (χ4n) is 2.02. The van der Waals surface area contributed by atoms with Crippen molar-refractivity contribution >= 4 is 23.2 Å². The van der Waals surface area contributed by atoms with Crippen LogP contribution in [0.4, 0.5) is 0 Å². The van der Waals surface area contributed by atoms with Gasteiger partial charge in [0.1, 0.15) is 4.88 Å². The summed E-state index contributed by atoms with van der Waals surface area (Å²) in [6.45, 7) is 3.56. The molecule has 2 N–H and O–H groups in total. The lowest BCUT2D eigenvalue weighted by molar-refractivity contribution is -0.135. The predicted octanol–water partition coefficient (Wildman–Crippen LogP) is 1.88. The van der Waals surface area contributed by atoms with Gasteiger partial charge in [0, 0.05) is 18.1 Å². The van der Waals surface area contributed by atoms with Crippen molar-refractivity contribution in [3.05, 3.63) is 21.9 Å². The number of thiophene rings is 1. The van der Waals surface area contributed by atoms with Crippen LogP contribution in [-0.4, -0.2) is 30.2 Å². The minimum absolute atomic E-state index is 0.0149. The van der Waals surface area contributed by atoms with E-state index in [1.165, 1.54) is 11.3 Å². The summed E-state index contributed by atoms with van der Waals surface area (Å²) in [6.07, 6.45) is 1.45. The van der Waals surface area contributed by atoms with E-state index in [2.05, 4.69) is 5.32 Å². The van der Waals surface area contributed by atoms with E-state index in [9.17, 15) is 9.59 Å². The zero-order valence-electron chi connectivity index (χ0n) is 10.8. The van der Waals surface area contributed by atoms with E-state index in [4.69, 9.17) is 9.84 Å². The second-order valence-corrected chi connectivity index (χ2v) is 6.10. The van der Waals surface area contributed by atoms with Crippen LogP contribution in [0.1, 0.15) is 34.3 Å². The van der Waals surface area contributed by atoms with Gasteiger partial charge >= 0.3 is 5.97 Å². The third-order valence-electron chi connectivity index (χ3n) is 3.44. The van der Waals surface area contributed by atoms with Crippen LogP contribution in [0, 0.1) is 5.41 Å². The lowest BCUT2D eigenvalue weighted by Gasteiger charge is -2.31. The van der Waals surface area contributed by atoms with Gasteiger partial charge in [0.25, 0.3) is 0 Å². The van der Waals surface area contributed by atoms with Crippen LogP contribution in [0.25, 0.3) is 0 Å². The lowest BCUT2D eigenvalue weighted by atomic mass is 9.81. The van der Waals surface area contributed by atoms with Gasteiger partial charge in [0.05, 0.1) is 12.0 Å². The summed E-state index contributed by atoms with van der Waals surface area (Å²) in [6, 6.07) is 3.30. The van der Waals surface area contributed by atoms with Crippen molar-refractivity contribution in [2.75, 3.05) is 13.2 Å². The molecule has 6 heteroatoms. The molecule has 0 atom stereocenters. The predicted molar refractivity (Wildman–Crippen MR) is 71.3 cm³/mol. The average molecular weight is 283 g/mol. The van der Waals surface area contributed by atoms with E-state index in [1.807, 2.05) is 6.92 Å². The number of ether oxygens (including phenoxy) is 1. The molecule has 0 aromatic carbocycles. The Labute approximate surface area is 115 Å². The zero-order chi connectivity index (χ0) is 13.9. The first-order valence-electron chi connectivity index (χ1n) is 6.19. The van der Waals surface area contributed by atoms with Gasteiger partial charge in [-0.2, -0.15) is 0 Å². The van der Waals surface area contributed by atoms with E-state index in [0.29, 0.717) is 24.6 Å². The lowest BCUT2D eigenvalue weighted by Crippen LogP contribution is -2.42. The Hall–Kier alpha value is -1.40. The first kappa shape index (κ1) is 14.0. The summed E-state index contributed by atoms with van der Waals surface area (Å²) in [7, 11) is 0. The molecule has 2 heterocycles. The average Bonchev–Trinajstić information content (AvgIpc) is 2.85. The van der Waals surface area contributed by atoms with Crippen LogP contribution in [0.5, 0.6) is 0 Å². The quantitative estimate of drug-likeness (QED) is 0.884. The van der Waals surface area contributed by atoms with Gasteiger partial charge in [-0.05, 0) is 25.0 Å². The number of carbonyl (C=O) groups excluding carboxylic acids is 1. The zero-order valence-corrected chi connectivity index (χ0v) is 11.6. The molecule has 5 nitrogen and oxygen atoms in total. The summed E-state index contributed by atoms with van der Waals surface area (Å²) < 4.78 is 5.26. The maximum atomic E-state index is 12.2. The number of rotatable bonds is 4. The Morgan fingerprint density at radius 1 is 1.42 bits per heavy atom. The summed E-state index contributed by atoms with van der Waals surface area (Å²) in [4.78, 5) is 24.1. The van der Waals surface area contributed by atoms with Gasteiger partial charge in [-0.3, -0.25) is 4.79 Å². The molecule has 0 saturated carbocycles. The molecule has 1 aliphatic heterocycles. The molecular weight excluding hydrogens is 266 g/mol. The largest absolute Gasteiger partial charge is 0.477 e. The van der Waals surface area contributed by atoms with Crippen LogP contribution in [0.15, 0.2) is 12.1 Å². The van der Waals surface area contributed by atoms with Crippen LogP contribution in [-0.2, 0) is 16.1 Å². The molecule has 2 rings (SSSR count). The molecule has 104 valence electrons. The van der Waals surface area contributed by atoms with Gasteiger partial charge in [-0.15, -0.1) is 11.3 Å². The number of carbonyl (C=O) groups is 2. The van der Waals surface area contributed by atoms with Gasteiger partial charge < -0.3 is 15.2 Å². The molecule has 0 bridgehead atoms. The van der Waals surface area contributed by atoms with Crippen molar-refractivity contribution in [2.24, 2.45) is 5.41 Å². The second kappa shape index (κ2) is 5.71. The van der Waals surface area contributed by atoms with Crippen molar-refractivity contribution < 1.29 is 19.4 Å². The molecule has 19 heavy (non-hydrogen) atoms. The number of carboxylic acids is 1. The number of amides is 1. The van der Waals surface area contributed by atoms with Gasteiger partial charge in [0.15, 0.2) is 0 Å². The second-order valence-electron chi connectivity index (χ2n) is 4.93. The molecule has 1 aromatic rings. The topological polar surface area (TPSA) is 75.6 Å². The van der Waals surface area contributed by atoms with E-state index in [1.54, 1.807) is 12.1 Å². The van der Waals surface area contributed by atoms with E-state index < -0.39 is 5.97 Å². The number of hydrogen-bond acceptors (Lipinski definition) is 4. The fourth-order valence-corrected chi connectivity index (χ4v) is 2.80. The van der Waals surface area contributed by atoms with E-state index in [0.717, 1.165) is 17.7 Å². The molecule has 0 unspecified atom stereocenters. The normalized spacial score (nSPS) is 17.9. The number of carboxylic acid groups (broad SMARTS) is 1. The first-order chi connectivity index (χ1) is 9.01. The van der Waals surface area contributed by atoms with E-state index >= 15 is 0 Å². The highest BCUT2D eigenvalue weighted by molar-refractivity contribution is 7.13. The number of aromatic carboxylic acids is 1. The third kappa shape index (κ3) is 3.33. The standard InChI is InChI=1S/C13H17NO4S/c1-13(4-6-18-7-5-13)12(17)14-8-9-2-3-10(19-9)11(15)16/h2-3H,4-8H2,1H3,(H,14,17)(H,15,16). The molecule has 1 aliphatic rings. The van der Waals surface area contributed by atoms with Gasteiger partial charge in [0.2, 0.25) is 5.91 Å².